The van der Waals surface area contributed by atoms with Crippen molar-refractivity contribution < 1.29 is 14.7 Å². The molecule has 0 aromatic carbocycles. The third-order valence-electron chi connectivity index (χ3n) is 3.24. The van der Waals surface area contributed by atoms with Gasteiger partial charge in [-0.2, -0.15) is 0 Å². The van der Waals surface area contributed by atoms with E-state index in [0.29, 0.717) is 19.0 Å². The molecule has 2 unspecified atom stereocenters. The molecule has 0 aromatic rings. The van der Waals surface area contributed by atoms with Gasteiger partial charge in [0.1, 0.15) is 0 Å². The van der Waals surface area contributed by atoms with Crippen LogP contribution in [0.4, 0.5) is 0 Å². The fourth-order valence-corrected chi connectivity index (χ4v) is 1.77. The van der Waals surface area contributed by atoms with Crippen LogP contribution in [0.1, 0.15) is 27.7 Å². The SMILES string of the molecule is CC(C)CN(CCN(C)C)C(=O)C(C)C(C)C(=O)O. The average molecular weight is 272 g/mol. The highest BCUT2D eigenvalue weighted by atomic mass is 16.4. The molecule has 5 heteroatoms. The van der Waals surface area contributed by atoms with E-state index in [0.717, 1.165) is 6.54 Å². The summed E-state index contributed by atoms with van der Waals surface area (Å²) in [6.45, 7) is 9.49. The van der Waals surface area contributed by atoms with Crippen molar-refractivity contribution in [1.29, 1.82) is 0 Å². The lowest BCUT2D eigenvalue weighted by molar-refractivity contribution is -0.149. The standard InChI is InChI=1S/C14H28N2O3/c1-10(2)9-16(8-7-15(5)6)13(17)11(3)12(4)14(18)19/h10-12H,7-9H2,1-6H3,(H,18,19). The maximum atomic E-state index is 12.4. The van der Waals surface area contributed by atoms with Crippen molar-refractivity contribution in [2.45, 2.75) is 27.7 Å². The molecule has 0 spiro atoms. The van der Waals surface area contributed by atoms with E-state index in [2.05, 4.69) is 13.8 Å². The maximum absolute atomic E-state index is 12.4. The van der Waals surface area contributed by atoms with E-state index in [1.807, 2.05) is 19.0 Å². The summed E-state index contributed by atoms with van der Waals surface area (Å²) in [7, 11) is 3.92. The molecule has 0 aliphatic heterocycles. The van der Waals surface area contributed by atoms with Crippen LogP contribution in [0.3, 0.4) is 0 Å². The van der Waals surface area contributed by atoms with E-state index in [1.54, 1.807) is 18.7 Å². The summed E-state index contributed by atoms with van der Waals surface area (Å²) in [5, 5.41) is 9.00. The van der Waals surface area contributed by atoms with Crippen LogP contribution in [0.15, 0.2) is 0 Å². The Morgan fingerprint density at radius 2 is 1.53 bits per heavy atom. The molecular formula is C14H28N2O3. The maximum Gasteiger partial charge on any atom is 0.307 e. The van der Waals surface area contributed by atoms with E-state index >= 15 is 0 Å². The molecule has 0 radical (unpaired) electrons. The Hall–Kier alpha value is -1.10. The van der Waals surface area contributed by atoms with Crippen LogP contribution >= 0.6 is 0 Å². The Labute approximate surface area is 116 Å². The molecule has 1 amide bonds. The van der Waals surface area contributed by atoms with Crippen molar-refractivity contribution >= 4 is 11.9 Å². The smallest absolute Gasteiger partial charge is 0.307 e. The second-order valence-corrected chi connectivity index (χ2v) is 5.90. The van der Waals surface area contributed by atoms with Gasteiger partial charge in [0.2, 0.25) is 5.91 Å². The lowest BCUT2D eigenvalue weighted by atomic mass is 9.94. The molecular weight excluding hydrogens is 244 g/mol. The number of carbonyl (C=O) groups excluding carboxylic acids is 1. The number of hydrogen-bond donors (Lipinski definition) is 1. The summed E-state index contributed by atoms with van der Waals surface area (Å²) in [4.78, 5) is 27.2. The zero-order valence-corrected chi connectivity index (χ0v) is 13.0. The fourth-order valence-electron chi connectivity index (χ4n) is 1.77. The lowest BCUT2D eigenvalue weighted by Crippen LogP contribution is -2.43. The molecule has 0 aliphatic rings. The van der Waals surface area contributed by atoms with Gasteiger partial charge in [0, 0.05) is 25.6 Å². The molecule has 5 nitrogen and oxygen atoms in total. The molecule has 0 heterocycles. The fraction of sp³-hybridized carbons (Fsp3) is 0.857. The van der Waals surface area contributed by atoms with Crippen LogP contribution in [-0.4, -0.2) is 60.5 Å². The first kappa shape index (κ1) is 17.9. The number of carboxylic acid groups (broad SMARTS) is 1. The third kappa shape index (κ3) is 6.57. The van der Waals surface area contributed by atoms with Crippen LogP contribution in [0.2, 0.25) is 0 Å². The second kappa shape index (κ2) is 8.15. The van der Waals surface area contributed by atoms with Gasteiger partial charge in [-0.1, -0.05) is 27.7 Å². The van der Waals surface area contributed by atoms with Crippen molar-refractivity contribution in [3.63, 3.8) is 0 Å². The lowest BCUT2D eigenvalue weighted by Gasteiger charge is -2.29. The number of rotatable bonds is 8. The Morgan fingerprint density at radius 3 is 1.89 bits per heavy atom. The van der Waals surface area contributed by atoms with E-state index in [4.69, 9.17) is 5.11 Å². The Morgan fingerprint density at radius 1 is 1.00 bits per heavy atom. The normalized spacial score (nSPS) is 14.5. The molecule has 112 valence electrons. The van der Waals surface area contributed by atoms with Gasteiger partial charge in [-0.15, -0.1) is 0 Å². The minimum atomic E-state index is -0.919. The third-order valence-corrected chi connectivity index (χ3v) is 3.24. The summed E-state index contributed by atoms with van der Waals surface area (Å²) in [6.07, 6.45) is 0. The molecule has 19 heavy (non-hydrogen) atoms. The molecule has 0 saturated heterocycles. The molecule has 0 aliphatic carbocycles. The van der Waals surface area contributed by atoms with Gasteiger partial charge < -0.3 is 14.9 Å². The predicted octanol–water partition coefficient (Wildman–Crippen LogP) is 1.39. The highest BCUT2D eigenvalue weighted by Crippen LogP contribution is 2.15. The number of carbonyl (C=O) groups is 2. The first-order valence-electron chi connectivity index (χ1n) is 6.83. The van der Waals surface area contributed by atoms with Gasteiger partial charge >= 0.3 is 5.97 Å². The van der Waals surface area contributed by atoms with Crippen molar-refractivity contribution in [3.05, 3.63) is 0 Å². The summed E-state index contributed by atoms with van der Waals surface area (Å²) >= 11 is 0. The second-order valence-electron chi connectivity index (χ2n) is 5.90. The molecule has 0 saturated carbocycles. The van der Waals surface area contributed by atoms with Gasteiger partial charge in [0.05, 0.1) is 5.92 Å². The van der Waals surface area contributed by atoms with Gasteiger partial charge in [0.25, 0.3) is 0 Å². The largest absolute Gasteiger partial charge is 0.481 e. The Bertz CT molecular complexity index is 303. The first-order chi connectivity index (χ1) is 8.66. The van der Waals surface area contributed by atoms with Crippen LogP contribution in [0.25, 0.3) is 0 Å². The minimum absolute atomic E-state index is 0.0644. The summed E-state index contributed by atoms with van der Waals surface area (Å²) in [5.41, 5.74) is 0. The number of carboxylic acids is 1. The van der Waals surface area contributed by atoms with Gasteiger partial charge in [-0.3, -0.25) is 9.59 Å². The average Bonchev–Trinajstić information content (AvgIpc) is 2.30. The number of likely N-dealkylation sites (N-methyl/N-ethyl adjacent to an activating group) is 1. The van der Waals surface area contributed by atoms with Crippen molar-refractivity contribution in [3.8, 4) is 0 Å². The number of amides is 1. The van der Waals surface area contributed by atoms with Gasteiger partial charge in [0.15, 0.2) is 0 Å². The minimum Gasteiger partial charge on any atom is -0.481 e. The quantitative estimate of drug-likeness (QED) is 0.725. The van der Waals surface area contributed by atoms with E-state index in [1.165, 1.54) is 0 Å². The van der Waals surface area contributed by atoms with Crippen molar-refractivity contribution in [2.75, 3.05) is 33.7 Å². The first-order valence-corrected chi connectivity index (χ1v) is 6.83. The summed E-state index contributed by atoms with van der Waals surface area (Å²) in [5.74, 6) is -1.75. The summed E-state index contributed by atoms with van der Waals surface area (Å²) in [6, 6.07) is 0. The Balaban J connectivity index is 4.73. The van der Waals surface area contributed by atoms with E-state index < -0.39 is 17.8 Å². The van der Waals surface area contributed by atoms with Crippen LogP contribution < -0.4 is 0 Å². The zero-order chi connectivity index (χ0) is 15.2. The highest BCUT2D eigenvalue weighted by Gasteiger charge is 2.29. The number of aliphatic carboxylic acids is 1. The van der Waals surface area contributed by atoms with Gasteiger partial charge in [-0.05, 0) is 20.0 Å². The Kier molecular flexibility index (Phi) is 7.68. The molecule has 0 bridgehead atoms. The highest BCUT2D eigenvalue weighted by molar-refractivity contribution is 5.84. The summed E-state index contributed by atoms with van der Waals surface area (Å²) < 4.78 is 0. The zero-order valence-electron chi connectivity index (χ0n) is 13.0. The van der Waals surface area contributed by atoms with Crippen LogP contribution in [0.5, 0.6) is 0 Å². The predicted molar refractivity (Wildman–Crippen MR) is 75.9 cm³/mol. The number of hydrogen-bond acceptors (Lipinski definition) is 3. The van der Waals surface area contributed by atoms with Gasteiger partial charge in [-0.25, -0.2) is 0 Å². The molecule has 0 rings (SSSR count). The number of nitrogens with zero attached hydrogens (tertiary/aromatic N) is 2. The van der Waals surface area contributed by atoms with E-state index in [9.17, 15) is 9.59 Å². The molecule has 1 N–H and O–H groups in total. The van der Waals surface area contributed by atoms with Crippen molar-refractivity contribution in [1.82, 2.24) is 9.80 Å². The van der Waals surface area contributed by atoms with Crippen LogP contribution in [0, 0.1) is 17.8 Å². The topological polar surface area (TPSA) is 60.9 Å². The van der Waals surface area contributed by atoms with Crippen molar-refractivity contribution in [2.24, 2.45) is 17.8 Å². The molecule has 0 aromatic heterocycles. The molecule has 2 atom stereocenters. The van der Waals surface area contributed by atoms with E-state index in [-0.39, 0.29) is 5.91 Å². The monoisotopic (exact) mass is 272 g/mol. The van der Waals surface area contributed by atoms with Crippen LogP contribution in [-0.2, 0) is 9.59 Å². The molecule has 0 fully saturated rings.